The molecular formula is C36H23NO3. The van der Waals surface area contributed by atoms with E-state index in [9.17, 15) is 4.79 Å². The molecule has 6 aromatic rings. The van der Waals surface area contributed by atoms with E-state index < -0.39 is 5.60 Å². The minimum Gasteiger partial charge on any atom is -0.456 e. The van der Waals surface area contributed by atoms with Crippen molar-refractivity contribution in [3.05, 3.63) is 162 Å². The van der Waals surface area contributed by atoms with E-state index in [1.54, 1.807) is 0 Å². The quantitative estimate of drug-likeness (QED) is 0.220. The van der Waals surface area contributed by atoms with Gasteiger partial charge in [-0.1, -0.05) is 91.0 Å². The summed E-state index contributed by atoms with van der Waals surface area (Å²) in [5, 5.41) is 2.31. The maximum atomic E-state index is 13.2. The van der Waals surface area contributed by atoms with Gasteiger partial charge >= 0.3 is 5.97 Å². The molecule has 0 aromatic heterocycles. The molecule has 8 rings (SSSR count). The molecule has 1 spiro atoms. The third-order valence-corrected chi connectivity index (χ3v) is 7.88. The number of rotatable bonds is 3. The van der Waals surface area contributed by atoms with Gasteiger partial charge in [0.05, 0.1) is 11.3 Å². The zero-order chi connectivity index (χ0) is 26.7. The minimum absolute atomic E-state index is 0.330. The summed E-state index contributed by atoms with van der Waals surface area (Å²) in [5.74, 6) is 0.999. The highest BCUT2D eigenvalue weighted by Gasteiger charge is 2.53. The van der Waals surface area contributed by atoms with Crippen LogP contribution in [0.2, 0.25) is 0 Å². The standard InChI is InChI=1S/C36H23NO3/c38-35-28-16-6-7-17-29(28)36(40-35)30-18-8-9-20-33(30)39-34-23-26(21-22-31(34)36)37(25-13-2-1-3-14-25)32-19-10-12-24-11-4-5-15-27(24)32/h1-23H. The SMILES string of the molecule is O=C1OC2(c3ccccc3Oc3cc(N(c4ccccc4)c4cccc5ccccc45)ccc32)c2ccccc21. The number of carbonyl (C=O) groups excluding carboxylic acids is 1. The third-order valence-electron chi connectivity index (χ3n) is 7.88. The maximum absolute atomic E-state index is 13.2. The molecule has 190 valence electrons. The monoisotopic (exact) mass is 517 g/mol. The molecule has 0 N–H and O–H groups in total. The largest absolute Gasteiger partial charge is 0.456 e. The van der Waals surface area contributed by atoms with Crippen LogP contribution in [0.4, 0.5) is 17.1 Å². The number of carbonyl (C=O) groups is 1. The molecule has 0 fully saturated rings. The van der Waals surface area contributed by atoms with E-state index in [0.717, 1.165) is 44.5 Å². The van der Waals surface area contributed by atoms with Gasteiger partial charge in [-0.2, -0.15) is 0 Å². The molecule has 40 heavy (non-hydrogen) atoms. The first-order valence-corrected chi connectivity index (χ1v) is 13.3. The Kier molecular flexibility index (Phi) is 4.85. The molecule has 6 aromatic carbocycles. The molecule has 1 atom stereocenters. The van der Waals surface area contributed by atoms with Gasteiger partial charge in [0.15, 0.2) is 5.60 Å². The lowest BCUT2D eigenvalue weighted by Gasteiger charge is -2.37. The molecule has 2 heterocycles. The molecule has 1 unspecified atom stereocenters. The molecule has 2 aliphatic rings. The lowest BCUT2D eigenvalue weighted by Crippen LogP contribution is -2.33. The Bertz CT molecular complexity index is 1940. The Balaban J connectivity index is 1.37. The molecule has 4 heteroatoms. The third kappa shape index (κ3) is 3.17. The van der Waals surface area contributed by atoms with Crippen LogP contribution in [0, 0.1) is 0 Å². The molecule has 0 saturated carbocycles. The average molecular weight is 518 g/mol. The van der Waals surface area contributed by atoms with Crippen LogP contribution in [0.3, 0.4) is 0 Å². The first kappa shape index (κ1) is 22.6. The fourth-order valence-electron chi connectivity index (χ4n) is 6.16. The van der Waals surface area contributed by atoms with Gasteiger partial charge in [0.25, 0.3) is 0 Å². The van der Waals surface area contributed by atoms with E-state index in [1.807, 2.05) is 72.8 Å². The van der Waals surface area contributed by atoms with Crippen molar-refractivity contribution in [1.29, 1.82) is 0 Å². The van der Waals surface area contributed by atoms with E-state index in [0.29, 0.717) is 17.1 Å². The number of benzene rings is 6. The summed E-state index contributed by atoms with van der Waals surface area (Å²) in [6.45, 7) is 0. The summed E-state index contributed by atoms with van der Waals surface area (Å²) < 4.78 is 12.9. The van der Waals surface area contributed by atoms with Gasteiger partial charge in [-0.15, -0.1) is 0 Å². The number of hydrogen-bond acceptors (Lipinski definition) is 4. The van der Waals surface area contributed by atoms with Gasteiger partial charge in [-0.3, -0.25) is 0 Å². The Morgan fingerprint density at radius 1 is 0.550 bits per heavy atom. The van der Waals surface area contributed by atoms with Crippen molar-refractivity contribution >= 4 is 33.8 Å². The number of esters is 1. The Morgan fingerprint density at radius 3 is 2.15 bits per heavy atom. The number of anilines is 3. The number of nitrogens with zero attached hydrogens (tertiary/aromatic N) is 1. The molecule has 0 bridgehead atoms. The molecule has 0 radical (unpaired) electrons. The van der Waals surface area contributed by atoms with Crippen LogP contribution < -0.4 is 9.64 Å². The minimum atomic E-state index is -1.08. The normalized spacial score (nSPS) is 16.6. The second kappa shape index (κ2) is 8.58. The number of fused-ring (bicyclic) bond motifs is 7. The first-order chi connectivity index (χ1) is 19.7. The second-order valence-electron chi connectivity index (χ2n) is 10.1. The summed E-state index contributed by atoms with van der Waals surface area (Å²) in [6.07, 6.45) is 0. The zero-order valence-corrected chi connectivity index (χ0v) is 21.5. The van der Waals surface area contributed by atoms with E-state index in [-0.39, 0.29) is 5.97 Å². The topological polar surface area (TPSA) is 38.8 Å². The van der Waals surface area contributed by atoms with Crippen molar-refractivity contribution in [2.24, 2.45) is 0 Å². The van der Waals surface area contributed by atoms with Crippen molar-refractivity contribution in [2.75, 3.05) is 4.90 Å². The number of ether oxygens (including phenoxy) is 2. The molecule has 0 aliphatic carbocycles. The van der Waals surface area contributed by atoms with Crippen LogP contribution in [0.25, 0.3) is 10.8 Å². The first-order valence-electron chi connectivity index (χ1n) is 13.3. The van der Waals surface area contributed by atoms with Crippen LogP contribution >= 0.6 is 0 Å². The van der Waals surface area contributed by atoms with Crippen molar-refractivity contribution in [2.45, 2.75) is 5.60 Å². The van der Waals surface area contributed by atoms with Crippen molar-refractivity contribution in [1.82, 2.24) is 0 Å². The van der Waals surface area contributed by atoms with E-state index in [4.69, 9.17) is 9.47 Å². The van der Waals surface area contributed by atoms with Gasteiger partial charge < -0.3 is 14.4 Å². The van der Waals surface area contributed by atoms with Gasteiger partial charge in [0, 0.05) is 39.5 Å². The Hall–Kier alpha value is -5.35. The highest BCUT2D eigenvalue weighted by Crippen LogP contribution is 2.57. The zero-order valence-electron chi connectivity index (χ0n) is 21.5. The maximum Gasteiger partial charge on any atom is 0.340 e. The number of para-hydroxylation sites is 2. The van der Waals surface area contributed by atoms with Crippen LogP contribution in [0.5, 0.6) is 11.5 Å². The average Bonchev–Trinajstić information content (AvgIpc) is 3.30. The fraction of sp³-hybridized carbons (Fsp3) is 0.0278. The predicted octanol–water partition coefficient (Wildman–Crippen LogP) is 8.88. The van der Waals surface area contributed by atoms with Gasteiger partial charge in [-0.05, 0) is 47.9 Å². The van der Waals surface area contributed by atoms with Gasteiger partial charge in [0.1, 0.15) is 11.5 Å². The summed E-state index contributed by atoms with van der Waals surface area (Å²) in [6, 6.07) is 46.7. The lowest BCUT2D eigenvalue weighted by atomic mass is 9.77. The van der Waals surface area contributed by atoms with Crippen molar-refractivity contribution < 1.29 is 14.3 Å². The van der Waals surface area contributed by atoms with Gasteiger partial charge in [-0.25, -0.2) is 4.79 Å². The highest BCUT2D eigenvalue weighted by molar-refractivity contribution is 5.99. The van der Waals surface area contributed by atoms with Crippen LogP contribution in [0.15, 0.2) is 140 Å². The second-order valence-corrected chi connectivity index (χ2v) is 10.1. The van der Waals surface area contributed by atoms with E-state index >= 15 is 0 Å². The fourth-order valence-corrected chi connectivity index (χ4v) is 6.16. The molecule has 0 saturated heterocycles. The number of hydrogen-bond donors (Lipinski definition) is 0. The van der Waals surface area contributed by atoms with E-state index in [2.05, 4.69) is 71.6 Å². The molecule has 4 nitrogen and oxygen atoms in total. The summed E-state index contributed by atoms with van der Waals surface area (Å²) in [7, 11) is 0. The Morgan fingerprint density at radius 2 is 1.25 bits per heavy atom. The smallest absolute Gasteiger partial charge is 0.340 e. The molecule has 2 aliphatic heterocycles. The summed E-state index contributed by atoms with van der Waals surface area (Å²) in [4.78, 5) is 15.4. The van der Waals surface area contributed by atoms with E-state index in [1.165, 1.54) is 0 Å². The van der Waals surface area contributed by atoms with Crippen LogP contribution in [-0.2, 0) is 10.3 Å². The highest BCUT2D eigenvalue weighted by atomic mass is 16.6. The molecular weight excluding hydrogens is 494 g/mol. The predicted molar refractivity (Wildman–Crippen MR) is 157 cm³/mol. The van der Waals surface area contributed by atoms with Crippen molar-refractivity contribution in [3.63, 3.8) is 0 Å². The summed E-state index contributed by atoms with van der Waals surface area (Å²) >= 11 is 0. The van der Waals surface area contributed by atoms with Gasteiger partial charge in [0.2, 0.25) is 0 Å². The summed E-state index contributed by atoms with van der Waals surface area (Å²) in [5.41, 5.74) is 4.99. The van der Waals surface area contributed by atoms with Crippen molar-refractivity contribution in [3.8, 4) is 11.5 Å². The lowest BCUT2D eigenvalue weighted by molar-refractivity contribution is 0.0224. The van der Waals surface area contributed by atoms with Crippen LogP contribution in [-0.4, -0.2) is 5.97 Å². The molecule has 0 amide bonds. The van der Waals surface area contributed by atoms with Crippen LogP contribution in [0.1, 0.15) is 27.0 Å². The Labute approximate surface area is 231 Å².